The van der Waals surface area contributed by atoms with Gasteiger partial charge in [0.15, 0.2) is 10.9 Å². The van der Waals surface area contributed by atoms with Crippen LogP contribution in [0.5, 0.6) is 0 Å². The Kier molecular flexibility index (Phi) is 5.45. The van der Waals surface area contributed by atoms with Gasteiger partial charge in [-0.3, -0.25) is 9.59 Å². The van der Waals surface area contributed by atoms with Gasteiger partial charge in [0.1, 0.15) is 11.6 Å². The van der Waals surface area contributed by atoms with Gasteiger partial charge in [0.05, 0.1) is 0 Å². The normalized spacial score (nSPS) is 12.0. The van der Waals surface area contributed by atoms with Crippen molar-refractivity contribution in [3.05, 3.63) is 47.7 Å². The monoisotopic (exact) mass is 357 g/mol. The van der Waals surface area contributed by atoms with Crippen molar-refractivity contribution in [2.45, 2.75) is 32.2 Å². The van der Waals surface area contributed by atoms with Crippen LogP contribution in [0.1, 0.15) is 36.7 Å². The number of benzene rings is 1. The van der Waals surface area contributed by atoms with Crippen molar-refractivity contribution >= 4 is 39.3 Å². The molecule has 7 heteroatoms. The number of thiazole rings is 1. The van der Waals surface area contributed by atoms with E-state index in [-0.39, 0.29) is 11.7 Å². The fraction of sp³-hybridized carbons (Fsp3) is 0.278. The van der Waals surface area contributed by atoms with Gasteiger partial charge in [0.2, 0.25) is 5.91 Å². The summed E-state index contributed by atoms with van der Waals surface area (Å²) in [6.07, 6.45) is 3.94. The highest BCUT2D eigenvalue weighted by Crippen LogP contribution is 2.19. The lowest BCUT2D eigenvalue weighted by Crippen LogP contribution is -2.43. The van der Waals surface area contributed by atoms with Gasteiger partial charge in [-0.15, -0.1) is 11.3 Å². The maximum atomic E-state index is 12.5. The van der Waals surface area contributed by atoms with Crippen molar-refractivity contribution in [3.8, 4) is 0 Å². The molecule has 1 atom stereocenters. The summed E-state index contributed by atoms with van der Waals surface area (Å²) in [5.41, 5.74) is 0.644. The Hall–Kier alpha value is -2.67. The minimum absolute atomic E-state index is 0.199. The van der Waals surface area contributed by atoms with Gasteiger partial charge in [-0.2, -0.15) is 0 Å². The molecule has 130 valence electrons. The molecular weight excluding hydrogens is 338 g/mol. The van der Waals surface area contributed by atoms with Crippen LogP contribution in [0.3, 0.4) is 0 Å². The van der Waals surface area contributed by atoms with Gasteiger partial charge in [-0.05, 0) is 18.6 Å². The number of unbranched alkanes of at least 4 members (excludes halogenated alkanes) is 1. The van der Waals surface area contributed by atoms with Crippen molar-refractivity contribution in [2.75, 3.05) is 5.32 Å². The summed E-state index contributed by atoms with van der Waals surface area (Å²) in [6.45, 7) is 2.04. The number of hydrogen-bond donors (Lipinski definition) is 2. The molecule has 25 heavy (non-hydrogen) atoms. The summed E-state index contributed by atoms with van der Waals surface area (Å²) in [4.78, 5) is 29.0. The fourth-order valence-corrected chi connectivity index (χ4v) is 3.01. The molecule has 3 aromatic rings. The smallest absolute Gasteiger partial charge is 0.287 e. The third-order valence-electron chi connectivity index (χ3n) is 3.78. The van der Waals surface area contributed by atoms with E-state index in [2.05, 4.69) is 15.6 Å². The van der Waals surface area contributed by atoms with E-state index in [0.717, 1.165) is 18.2 Å². The van der Waals surface area contributed by atoms with Crippen LogP contribution in [0.4, 0.5) is 5.13 Å². The lowest BCUT2D eigenvalue weighted by molar-refractivity contribution is -0.118. The fourth-order valence-electron chi connectivity index (χ4n) is 2.48. The van der Waals surface area contributed by atoms with Crippen LogP contribution in [-0.2, 0) is 4.79 Å². The maximum Gasteiger partial charge on any atom is 0.287 e. The highest BCUT2D eigenvalue weighted by molar-refractivity contribution is 7.13. The molecule has 6 nitrogen and oxygen atoms in total. The lowest BCUT2D eigenvalue weighted by atomic mass is 10.1. The molecule has 1 aromatic carbocycles. The Morgan fingerprint density at radius 1 is 1.32 bits per heavy atom. The Balaban J connectivity index is 1.72. The Morgan fingerprint density at radius 3 is 2.88 bits per heavy atom. The van der Waals surface area contributed by atoms with E-state index >= 15 is 0 Å². The lowest BCUT2D eigenvalue weighted by Gasteiger charge is -2.16. The molecule has 2 N–H and O–H groups in total. The average molecular weight is 357 g/mol. The van der Waals surface area contributed by atoms with E-state index in [9.17, 15) is 9.59 Å². The summed E-state index contributed by atoms with van der Waals surface area (Å²) in [6, 6.07) is 8.45. The third kappa shape index (κ3) is 4.24. The second kappa shape index (κ2) is 7.94. The van der Waals surface area contributed by atoms with Crippen molar-refractivity contribution in [2.24, 2.45) is 0 Å². The first-order chi connectivity index (χ1) is 12.2. The highest BCUT2D eigenvalue weighted by Gasteiger charge is 2.23. The summed E-state index contributed by atoms with van der Waals surface area (Å²) in [5, 5.41) is 8.66. The van der Waals surface area contributed by atoms with E-state index in [0.29, 0.717) is 17.1 Å². The van der Waals surface area contributed by atoms with Gasteiger partial charge in [0, 0.05) is 17.0 Å². The molecule has 0 radical (unpaired) electrons. The van der Waals surface area contributed by atoms with E-state index in [1.807, 2.05) is 25.1 Å². The first kappa shape index (κ1) is 17.2. The van der Waals surface area contributed by atoms with Crippen LogP contribution >= 0.6 is 11.3 Å². The third-order valence-corrected chi connectivity index (χ3v) is 4.47. The summed E-state index contributed by atoms with van der Waals surface area (Å²) in [7, 11) is 0. The molecular formula is C18H19N3O3S. The highest BCUT2D eigenvalue weighted by atomic mass is 32.1. The predicted molar refractivity (Wildman–Crippen MR) is 97.7 cm³/mol. The molecule has 3 rings (SSSR count). The summed E-state index contributed by atoms with van der Waals surface area (Å²) >= 11 is 1.34. The summed E-state index contributed by atoms with van der Waals surface area (Å²) < 4.78 is 5.57. The molecule has 0 aliphatic heterocycles. The van der Waals surface area contributed by atoms with Crippen molar-refractivity contribution in [1.82, 2.24) is 10.3 Å². The molecule has 0 aliphatic rings. The van der Waals surface area contributed by atoms with Crippen molar-refractivity contribution in [1.29, 1.82) is 0 Å². The number of carbonyl (C=O) groups excluding carboxylic acids is 2. The van der Waals surface area contributed by atoms with E-state index in [1.54, 1.807) is 23.7 Å². The molecule has 0 saturated heterocycles. The predicted octanol–water partition coefficient (Wildman–Crippen LogP) is 3.82. The van der Waals surface area contributed by atoms with Crippen molar-refractivity contribution in [3.63, 3.8) is 0 Å². The van der Waals surface area contributed by atoms with Crippen LogP contribution in [0.2, 0.25) is 0 Å². The summed E-state index contributed by atoms with van der Waals surface area (Å²) in [5.74, 6) is -0.468. The molecule has 1 unspecified atom stereocenters. The first-order valence-corrected chi connectivity index (χ1v) is 9.05. The number of rotatable bonds is 7. The van der Waals surface area contributed by atoms with E-state index in [4.69, 9.17) is 4.42 Å². The number of nitrogens with one attached hydrogen (secondary N) is 2. The van der Waals surface area contributed by atoms with Gasteiger partial charge in [-0.25, -0.2) is 4.98 Å². The van der Waals surface area contributed by atoms with Crippen LogP contribution in [0.15, 0.2) is 46.3 Å². The number of aromatic nitrogens is 1. The second-order valence-electron chi connectivity index (χ2n) is 5.64. The number of furan rings is 1. The quantitative estimate of drug-likeness (QED) is 0.673. The number of nitrogens with zero attached hydrogens (tertiary/aromatic N) is 1. The zero-order valence-electron chi connectivity index (χ0n) is 13.8. The van der Waals surface area contributed by atoms with E-state index in [1.165, 1.54) is 11.3 Å². The molecule has 0 saturated carbocycles. The van der Waals surface area contributed by atoms with Crippen LogP contribution in [0.25, 0.3) is 11.0 Å². The van der Waals surface area contributed by atoms with Gasteiger partial charge in [-0.1, -0.05) is 38.0 Å². The average Bonchev–Trinajstić information content (AvgIpc) is 3.27. The molecule has 0 fully saturated rings. The Bertz CT molecular complexity index is 824. The number of anilines is 1. The number of carbonyl (C=O) groups is 2. The zero-order valence-corrected chi connectivity index (χ0v) is 14.6. The molecule has 0 bridgehead atoms. The number of fused-ring (bicyclic) bond motifs is 1. The molecule has 0 aliphatic carbocycles. The van der Waals surface area contributed by atoms with Crippen LogP contribution < -0.4 is 10.6 Å². The molecule has 2 heterocycles. The van der Waals surface area contributed by atoms with Crippen LogP contribution in [0, 0.1) is 0 Å². The first-order valence-electron chi connectivity index (χ1n) is 8.17. The van der Waals surface area contributed by atoms with E-state index < -0.39 is 11.9 Å². The number of hydrogen-bond acceptors (Lipinski definition) is 5. The topological polar surface area (TPSA) is 84.2 Å². The molecule has 2 amide bonds. The zero-order chi connectivity index (χ0) is 17.6. The van der Waals surface area contributed by atoms with Gasteiger partial charge < -0.3 is 15.1 Å². The Morgan fingerprint density at radius 2 is 2.16 bits per heavy atom. The standard InChI is InChI=1S/C18H19N3O3S/c1-2-3-7-13(16(22)21-18-19-9-10-25-18)20-17(23)15-11-12-6-4-5-8-14(12)24-15/h4-6,8-11,13H,2-3,7H2,1H3,(H,20,23)(H,19,21,22). The minimum Gasteiger partial charge on any atom is -0.451 e. The second-order valence-corrected chi connectivity index (χ2v) is 6.54. The molecule has 2 aromatic heterocycles. The maximum absolute atomic E-state index is 12.5. The molecule has 0 spiro atoms. The minimum atomic E-state index is -0.635. The SMILES string of the molecule is CCCCC(NC(=O)c1cc2ccccc2o1)C(=O)Nc1nccs1. The van der Waals surface area contributed by atoms with Crippen LogP contribution in [-0.4, -0.2) is 22.8 Å². The Labute approximate surface area is 149 Å². The number of para-hydroxylation sites is 1. The van der Waals surface area contributed by atoms with Gasteiger partial charge >= 0.3 is 0 Å². The van der Waals surface area contributed by atoms with Gasteiger partial charge in [0.25, 0.3) is 5.91 Å². The largest absolute Gasteiger partial charge is 0.451 e. The van der Waals surface area contributed by atoms with Crippen molar-refractivity contribution < 1.29 is 14.0 Å². The number of amides is 2.